The van der Waals surface area contributed by atoms with Gasteiger partial charge < -0.3 is 9.47 Å². The molecule has 0 amide bonds. The highest BCUT2D eigenvalue weighted by Crippen LogP contribution is 2.28. The SMILES string of the molecule is CC(=O)C(C)(C)OCc1cc(-c2cccc(OC(C)C)c2)n(Cc2ccccc2Br)n1. The molecule has 0 bridgehead atoms. The third kappa shape index (κ3) is 6.05. The summed E-state index contributed by atoms with van der Waals surface area (Å²) >= 11 is 3.63. The van der Waals surface area contributed by atoms with Crippen LogP contribution < -0.4 is 4.74 Å². The Morgan fingerprint density at radius 1 is 1.13 bits per heavy atom. The minimum absolute atomic E-state index is 0.0149. The van der Waals surface area contributed by atoms with Crippen LogP contribution in [0.3, 0.4) is 0 Å². The Bertz CT molecular complexity index is 1060. The summed E-state index contributed by atoms with van der Waals surface area (Å²) in [6.45, 7) is 9.97. The van der Waals surface area contributed by atoms with E-state index in [0.717, 1.165) is 32.7 Å². The van der Waals surface area contributed by atoms with E-state index in [1.807, 2.05) is 67.1 Å². The molecule has 0 fully saturated rings. The van der Waals surface area contributed by atoms with Gasteiger partial charge in [0, 0.05) is 10.0 Å². The van der Waals surface area contributed by atoms with E-state index in [1.165, 1.54) is 6.92 Å². The van der Waals surface area contributed by atoms with E-state index in [1.54, 1.807) is 13.8 Å². The predicted octanol–water partition coefficient (Wildman–Crippen LogP) is 6.03. The first kappa shape index (κ1) is 23.2. The van der Waals surface area contributed by atoms with Crippen molar-refractivity contribution in [2.75, 3.05) is 0 Å². The van der Waals surface area contributed by atoms with Gasteiger partial charge in [-0.15, -0.1) is 0 Å². The molecule has 0 saturated carbocycles. The van der Waals surface area contributed by atoms with Crippen LogP contribution in [-0.2, 0) is 22.7 Å². The molecule has 1 heterocycles. The lowest BCUT2D eigenvalue weighted by atomic mass is 10.1. The summed E-state index contributed by atoms with van der Waals surface area (Å²) in [7, 11) is 0. The standard InChI is InChI=1S/C25H29BrN2O3/c1-17(2)31-22-11-8-10-19(13-22)24-14-21(16-30-25(4,5)18(3)29)27-28(24)15-20-9-6-7-12-23(20)26/h6-14,17H,15-16H2,1-5H3. The first-order chi connectivity index (χ1) is 14.7. The fourth-order valence-electron chi connectivity index (χ4n) is 3.04. The number of carbonyl (C=O) groups excluding carboxylic acids is 1. The number of benzene rings is 2. The Balaban J connectivity index is 1.96. The largest absolute Gasteiger partial charge is 0.491 e. The van der Waals surface area contributed by atoms with Crippen LogP contribution in [0, 0.1) is 0 Å². The topological polar surface area (TPSA) is 53.4 Å². The van der Waals surface area contributed by atoms with Crippen molar-refractivity contribution in [1.29, 1.82) is 0 Å². The van der Waals surface area contributed by atoms with Crippen LogP contribution in [0.1, 0.15) is 45.9 Å². The molecule has 2 aromatic carbocycles. The number of rotatable bonds is 9. The van der Waals surface area contributed by atoms with Crippen molar-refractivity contribution in [3.05, 3.63) is 70.3 Å². The van der Waals surface area contributed by atoms with Gasteiger partial charge in [-0.3, -0.25) is 9.48 Å². The summed E-state index contributed by atoms with van der Waals surface area (Å²) < 4.78 is 14.7. The molecule has 0 N–H and O–H groups in total. The molecular weight excluding hydrogens is 456 g/mol. The van der Waals surface area contributed by atoms with Crippen molar-refractivity contribution < 1.29 is 14.3 Å². The molecule has 3 aromatic rings. The van der Waals surface area contributed by atoms with Crippen molar-refractivity contribution >= 4 is 21.7 Å². The summed E-state index contributed by atoms with van der Waals surface area (Å²) in [6.07, 6.45) is 0.0956. The first-order valence-electron chi connectivity index (χ1n) is 10.4. The van der Waals surface area contributed by atoms with E-state index >= 15 is 0 Å². The van der Waals surface area contributed by atoms with E-state index in [0.29, 0.717) is 6.54 Å². The second-order valence-electron chi connectivity index (χ2n) is 8.32. The number of aromatic nitrogens is 2. The van der Waals surface area contributed by atoms with Crippen LogP contribution in [0.25, 0.3) is 11.3 Å². The Hall–Kier alpha value is -2.44. The van der Waals surface area contributed by atoms with Crippen molar-refractivity contribution in [1.82, 2.24) is 9.78 Å². The fourth-order valence-corrected chi connectivity index (χ4v) is 3.45. The number of nitrogens with zero attached hydrogens (tertiary/aromatic N) is 2. The van der Waals surface area contributed by atoms with Gasteiger partial charge in [-0.1, -0.05) is 46.3 Å². The van der Waals surface area contributed by atoms with E-state index < -0.39 is 5.60 Å². The van der Waals surface area contributed by atoms with Gasteiger partial charge in [0.15, 0.2) is 5.78 Å². The van der Waals surface area contributed by atoms with Gasteiger partial charge in [-0.25, -0.2) is 0 Å². The monoisotopic (exact) mass is 484 g/mol. The number of ketones is 1. The van der Waals surface area contributed by atoms with Crippen LogP contribution in [-0.4, -0.2) is 27.3 Å². The normalized spacial score (nSPS) is 11.7. The summed E-state index contributed by atoms with van der Waals surface area (Å²) in [5.41, 5.74) is 3.01. The van der Waals surface area contributed by atoms with Crippen molar-refractivity contribution in [3.8, 4) is 17.0 Å². The molecule has 0 saturated heterocycles. The van der Waals surface area contributed by atoms with Crippen molar-refractivity contribution in [2.45, 2.75) is 59.5 Å². The Morgan fingerprint density at radius 3 is 2.55 bits per heavy atom. The van der Waals surface area contributed by atoms with Crippen molar-refractivity contribution in [3.63, 3.8) is 0 Å². The number of ether oxygens (including phenoxy) is 2. The molecule has 0 aliphatic heterocycles. The molecule has 0 aliphatic carbocycles. The Labute approximate surface area is 192 Å². The van der Waals surface area contributed by atoms with Crippen LogP contribution in [0.2, 0.25) is 0 Å². The maximum absolute atomic E-state index is 11.8. The smallest absolute Gasteiger partial charge is 0.161 e. The third-order valence-corrected chi connectivity index (χ3v) is 5.81. The van der Waals surface area contributed by atoms with Gasteiger partial charge in [-0.05, 0) is 64.4 Å². The Morgan fingerprint density at radius 2 is 1.87 bits per heavy atom. The average molecular weight is 485 g/mol. The molecule has 1 aromatic heterocycles. The molecule has 0 spiro atoms. The number of halogens is 1. The lowest BCUT2D eigenvalue weighted by Crippen LogP contribution is -2.32. The van der Waals surface area contributed by atoms with E-state index in [-0.39, 0.29) is 18.5 Å². The lowest BCUT2D eigenvalue weighted by Gasteiger charge is -2.21. The van der Waals surface area contributed by atoms with Gasteiger partial charge >= 0.3 is 0 Å². The van der Waals surface area contributed by atoms with Gasteiger partial charge in [0.05, 0.1) is 30.6 Å². The van der Waals surface area contributed by atoms with Crippen LogP contribution in [0.4, 0.5) is 0 Å². The lowest BCUT2D eigenvalue weighted by molar-refractivity contribution is -0.139. The first-order valence-corrected chi connectivity index (χ1v) is 11.2. The zero-order valence-corrected chi connectivity index (χ0v) is 20.3. The van der Waals surface area contributed by atoms with Crippen LogP contribution >= 0.6 is 15.9 Å². The average Bonchev–Trinajstić information content (AvgIpc) is 3.11. The van der Waals surface area contributed by atoms with E-state index in [9.17, 15) is 4.79 Å². The summed E-state index contributed by atoms with van der Waals surface area (Å²) in [5, 5.41) is 4.79. The predicted molar refractivity (Wildman–Crippen MR) is 126 cm³/mol. The summed E-state index contributed by atoms with van der Waals surface area (Å²) in [5.74, 6) is 0.801. The van der Waals surface area contributed by atoms with Crippen molar-refractivity contribution in [2.24, 2.45) is 0 Å². The van der Waals surface area contributed by atoms with Gasteiger partial charge in [0.2, 0.25) is 0 Å². The molecule has 31 heavy (non-hydrogen) atoms. The zero-order chi connectivity index (χ0) is 22.6. The minimum Gasteiger partial charge on any atom is -0.491 e. The molecule has 0 aliphatic rings. The second-order valence-corrected chi connectivity index (χ2v) is 9.17. The molecule has 164 valence electrons. The molecule has 0 atom stereocenters. The highest BCUT2D eigenvalue weighted by atomic mass is 79.9. The minimum atomic E-state index is -0.850. The molecule has 6 heteroatoms. The number of carbonyl (C=O) groups is 1. The highest BCUT2D eigenvalue weighted by Gasteiger charge is 2.25. The second kappa shape index (κ2) is 9.79. The molecule has 5 nitrogen and oxygen atoms in total. The maximum Gasteiger partial charge on any atom is 0.161 e. The summed E-state index contributed by atoms with van der Waals surface area (Å²) in [6, 6.07) is 18.1. The number of hydrogen-bond acceptors (Lipinski definition) is 4. The quantitative estimate of drug-likeness (QED) is 0.371. The number of hydrogen-bond donors (Lipinski definition) is 0. The van der Waals surface area contributed by atoms with E-state index in [4.69, 9.17) is 14.6 Å². The molecule has 0 radical (unpaired) electrons. The maximum atomic E-state index is 11.8. The zero-order valence-electron chi connectivity index (χ0n) is 18.7. The molecular formula is C25H29BrN2O3. The highest BCUT2D eigenvalue weighted by molar-refractivity contribution is 9.10. The third-order valence-electron chi connectivity index (χ3n) is 5.04. The van der Waals surface area contributed by atoms with Gasteiger partial charge in [-0.2, -0.15) is 5.10 Å². The van der Waals surface area contributed by atoms with Crippen LogP contribution in [0.5, 0.6) is 5.75 Å². The fraction of sp³-hybridized carbons (Fsp3) is 0.360. The molecule has 0 unspecified atom stereocenters. The molecule has 3 rings (SSSR count). The van der Waals surface area contributed by atoms with E-state index in [2.05, 4.69) is 22.0 Å². The van der Waals surface area contributed by atoms with Gasteiger partial charge in [0.25, 0.3) is 0 Å². The number of Topliss-reactive ketones (excluding diaryl/α,β-unsaturated/α-hetero) is 1. The van der Waals surface area contributed by atoms with Crippen LogP contribution in [0.15, 0.2) is 59.1 Å². The van der Waals surface area contributed by atoms with Gasteiger partial charge in [0.1, 0.15) is 11.4 Å². The summed E-state index contributed by atoms with van der Waals surface area (Å²) in [4.78, 5) is 11.8. The Kier molecular flexibility index (Phi) is 7.34.